The van der Waals surface area contributed by atoms with E-state index in [1.54, 1.807) is 18.3 Å². The standard InChI is InChI=1S/C20H18N4O2/c1-24-10-9-21-19(24)14-3-2-4-16(12-14)22-20(26)15-5-7-17-13(11-15)6-8-18(25)23-17/h2-5,7,9-12H,6,8H2,1H3,(H,22,26)(H,23,25). The van der Waals surface area contributed by atoms with E-state index in [2.05, 4.69) is 15.6 Å². The third kappa shape index (κ3) is 3.09. The number of amides is 2. The second-order valence-electron chi connectivity index (χ2n) is 6.32. The van der Waals surface area contributed by atoms with Crippen LogP contribution in [0.5, 0.6) is 0 Å². The van der Waals surface area contributed by atoms with Crippen LogP contribution in [0.1, 0.15) is 22.3 Å². The fourth-order valence-corrected chi connectivity index (χ4v) is 3.11. The summed E-state index contributed by atoms with van der Waals surface area (Å²) >= 11 is 0. The fourth-order valence-electron chi connectivity index (χ4n) is 3.11. The first-order chi connectivity index (χ1) is 12.6. The summed E-state index contributed by atoms with van der Waals surface area (Å²) in [4.78, 5) is 28.4. The maximum Gasteiger partial charge on any atom is 0.255 e. The van der Waals surface area contributed by atoms with Crippen LogP contribution in [0.4, 0.5) is 11.4 Å². The topological polar surface area (TPSA) is 76.0 Å². The summed E-state index contributed by atoms with van der Waals surface area (Å²) in [5.74, 6) is 0.674. The molecule has 4 rings (SSSR count). The lowest BCUT2D eigenvalue weighted by Gasteiger charge is -2.17. The van der Waals surface area contributed by atoms with Crippen LogP contribution in [0.3, 0.4) is 0 Å². The Morgan fingerprint density at radius 2 is 2.08 bits per heavy atom. The number of carbonyl (C=O) groups is 2. The number of benzene rings is 2. The number of aromatic nitrogens is 2. The van der Waals surface area contributed by atoms with E-state index in [4.69, 9.17) is 0 Å². The molecule has 1 aliphatic rings. The highest BCUT2D eigenvalue weighted by Crippen LogP contribution is 2.25. The molecule has 1 aliphatic heterocycles. The summed E-state index contributed by atoms with van der Waals surface area (Å²) in [5.41, 5.74) is 3.99. The largest absolute Gasteiger partial charge is 0.334 e. The Morgan fingerprint density at radius 3 is 2.88 bits per heavy atom. The number of imidazole rings is 1. The Kier molecular flexibility index (Phi) is 4.01. The van der Waals surface area contributed by atoms with Gasteiger partial charge >= 0.3 is 0 Å². The second kappa shape index (κ2) is 6.48. The zero-order valence-electron chi connectivity index (χ0n) is 14.3. The number of fused-ring (bicyclic) bond motifs is 1. The quantitative estimate of drug-likeness (QED) is 0.764. The maximum atomic E-state index is 12.6. The van der Waals surface area contributed by atoms with Gasteiger partial charge in [0.25, 0.3) is 5.91 Å². The van der Waals surface area contributed by atoms with Gasteiger partial charge in [-0.3, -0.25) is 9.59 Å². The highest BCUT2D eigenvalue weighted by atomic mass is 16.2. The lowest BCUT2D eigenvalue weighted by atomic mass is 10.00. The molecule has 6 heteroatoms. The molecule has 2 aromatic carbocycles. The third-order valence-corrected chi connectivity index (χ3v) is 4.46. The van der Waals surface area contributed by atoms with Crippen LogP contribution in [-0.4, -0.2) is 21.4 Å². The number of nitrogens with one attached hydrogen (secondary N) is 2. The molecule has 0 atom stereocenters. The van der Waals surface area contributed by atoms with Gasteiger partial charge in [-0.05, 0) is 42.3 Å². The summed E-state index contributed by atoms with van der Waals surface area (Å²) in [5, 5.41) is 5.76. The van der Waals surface area contributed by atoms with Crippen molar-refractivity contribution in [3.8, 4) is 11.4 Å². The molecule has 26 heavy (non-hydrogen) atoms. The van der Waals surface area contributed by atoms with E-state index < -0.39 is 0 Å². The van der Waals surface area contributed by atoms with Gasteiger partial charge in [0.1, 0.15) is 5.82 Å². The van der Waals surface area contributed by atoms with Crippen LogP contribution < -0.4 is 10.6 Å². The first kappa shape index (κ1) is 16.1. The molecule has 0 radical (unpaired) electrons. The normalized spacial score (nSPS) is 13.0. The van der Waals surface area contributed by atoms with Crippen molar-refractivity contribution >= 4 is 23.2 Å². The molecule has 0 fully saturated rings. The van der Waals surface area contributed by atoms with Gasteiger partial charge < -0.3 is 15.2 Å². The Labute approximate surface area is 150 Å². The lowest BCUT2D eigenvalue weighted by Crippen LogP contribution is -2.20. The molecule has 0 saturated heterocycles. The highest BCUT2D eigenvalue weighted by Gasteiger charge is 2.17. The minimum atomic E-state index is -0.179. The van der Waals surface area contributed by atoms with E-state index >= 15 is 0 Å². The maximum absolute atomic E-state index is 12.6. The molecule has 2 heterocycles. The summed E-state index contributed by atoms with van der Waals surface area (Å²) in [6.07, 6.45) is 4.72. The summed E-state index contributed by atoms with van der Waals surface area (Å²) in [7, 11) is 1.93. The number of nitrogens with zero attached hydrogens (tertiary/aromatic N) is 2. The fraction of sp³-hybridized carbons (Fsp3) is 0.150. The van der Waals surface area contributed by atoms with Crippen molar-refractivity contribution in [3.05, 3.63) is 66.0 Å². The van der Waals surface area contributed by atoms with Gasteiger partial charge in [0.15, 0.2) is 0 Å². The Bertz CT molecular complexity index is 1010. The van der Waals surface area contributed by atoms with Crippen LogP contribution in [0.2, 0.25) is 0 Å². The van der Waals surface area contributed by atoms with Crippen LogP contribution in [0.15, 0.2) is 54.9 Å². The van der Waals surface area contributed by atoms with Crippen molar-refractivity contribution in [1.82, 2.24) is 9.55 Å². The lowest BCUT2D eigenvalue weighted by molar-refractivity contribution is -0.116. The first-order valence-corrected chi connectivity index (χ1v) is 8.42. The molecule has 0 bridgehead atoms. The van der Waals surface area contributed by atoms with Gasteiger partial charge in [0, 0.05) is 48.4 Å². The van der Waals surface area contributed by atoms with Gasteiger partial charge in [-0.1, -0.05) is 12.1 Å². The molecule has 0 saturated carbocycles. The number of hydrogen-bond donors (Lipinski definition) is 2. The van der Waals surface area contributed by atoms with Crippen molar-refractivity contribution < 1.29 is 9.59 Å². The zero-order valence-corrected chi connectivity index (χ0v) is 14.3. The molecule has 0 unspecified atom stereocenters. The van der Waals surface area contributed by atoms with Crippen molar-refractivity contribution in [1.29, 1.82) is 0 Å². The first-order valence-electron chi connectivity index (χ1n) is 8.42. The van der Waals surface area contributed by atoms with Crippen molar-refractivity contribution in [2.24, 2.45) is 7.05 Å². The summed E-state index contributed by atoms with van der Waals surface area (Å²) in [6.45, 7) is 0. The minimum Gasteiger partial charge on any atom is -0.334 e. The molecule has 2 N–H and O–H groups in total. The Morgan fingerprint density at radius 1 is 1.19 bits per heavy atom. The highest BCUT2D eigenvalue weighted by molar-refractivity contribution is 6.05. The van der Waals surface area contributed by atoms with Crippen molar-refractivity contribution in [2.45, 2.75) is 12.8 Å². The van der Waals surface area contributed by atoms with Gasteiger partial charge in [0.05, 0.1) is 0 Å². The molecule has 130 valence electrons. The predicted molar refractivity (Wildman–Crippen MR) is 100.0 cm³/mol. The van der Waals surface area contributed by atoms with Gasteiger partial charge in [-0.2, -0.15) is 0 Å². The zero-order chi connectivity index (χ0) is 18.1. The van der Waals surface area contributed by atoms with Gasteiger partial charge in [0.2, 0.25) is 5.91 Å². The molecule has 0 spiro atoms. The number of carbonyl (C=O) groups excluding carboxylic acids is 2. The number of anilines is 2. The predicted octanol–water partition coefficient (Wildman–Crippen LogP) is 3.22. The summed E-state index contributed by atoms with van der Waals surface area (Å²) < 4.78 is 1.93. The summed E-state index contributed by atoms with van der Waals surface area (Å²) in [6, 6.07) is 12.9. The van der Waals surface area contributed by atoms with Crippen LogP contribution >= 0.6 is 0 Å². The minimum absolute atomic E-state index is 0.0146. The number of rotatable bonds is 3. The van der Waals surface area contributed by atoms with E-state index in [0.717, 1.165) is 22.6 Å². The van der Waals surface area contributed by atoms with E-state index in [1.807, 2.05) is 48.1 Å². The Hall–Kier alpha value is -3.41. The average Bonchev–Trinajstić information content (AvgIpc) is 3.07. The smallest absolute Gasteiger partial charge is 0.255 e. The SMILES string of the molecule is Cn1ccnc1-c1cccc(NC(=O)c2ccc3c(c2)CCC(=O)N3)c1. The van der Waals surface area contributed by atoms with Crippen molar-refractivity contribution in [2.75, 3.05) is 10.6 Å². The van der Waals surface area contributed by atoms with Crippen LogP contribution in [0.25, 0.3) is 11.4 Å². The monoisotopic (exact) mass is 346 g/mol. The van der Waals surface area contributed by atoms with E-state index in [0.29, 0.717) is 24.1 Å². The molecular formula is C20H18N4O2. The Balaban J connectivity index is 1.55. The number of aryl methyl sites for hydroxylation is 2. The molecule has 1 aromatic heterocycles. The molecule has 0 aliphatic carbocycles. The molecule has 2 amide bonds. The molecule has 3 aromatic rings. The van der Waals surface area contributed by atoms with Gasteiger partial charge in [-0.15, -0.1) is 0 Å². The molecular weight excluding hydrogens is 328 g/mol. The third-order valence-electron chi connectivity index (χ3n) is 4.46. The molecule has 6 nitrogen and oxygen atoms in total. The van der Waals surface area contributed by atoms with Crippen LogP contribution in [0, 0.1) is 0 Å². The van der Waals surface area contributed by atoms with E-state index in [1.165, 1.54) is 0 Å². The van der Waals surface area contributed by atoms with Gasteiger partial charge in [-0.25, -0.2) is 4.98 Å². The van der Waals surface area contributed by atoms with E-state index in [9.17, 15) is 9.59 Å². The number of hydrogen-bond acceptors (Lipinski definition) is 3. The van der Waals surface area contributed by atoms with Crippen LogP contribution in [-0.2, 0) is 18.3 Å². The van der Waals surface area contributed by atoms with E-state index in [-0.39, 0.29) is 11.8 Å². The average molecular weight is 346 g/mol. The second-order valence-corrected chi connectivity index (χ2v) is 6.32. The van der Waals surface area contributed by atoms with Crippen molar-refractivity contribution in [3.63, 3.8) is 0 Å².